The van der Waals surface area contributed by atoms with Crippen molar-refractivity contribution in [1.29, 1.82) is 0 Å². The van der Waals surface area contributed by atoms with Gasteiger partial charge in [0, 0.05) is 0 Å². The van der Waals surface area contributed by atoms with E-state index in [9.17, 15) is 17.6 Å². The summed E-state index contributed by atoms with van der Waals surface area (Å²) in [4.78, 5) is 0. The molecule has 0 aliphatic rings. The first-order valence-corrected chi connectivity index (χ1v) is 4.56. The standard InChI is InChI=1S/C9H8ClF4NO/c10-5-3-4(1-2-6(5)11)7(15)8(16)9(12,13)14/h1-3,7-8,16H,15H2/t7-,8-/m1/s1. The zero-order valence-electron chi connectivity index (χ0n) is 7.80. The second-order valence-electron chi connectivity index (χ2n) is 3.19. The van der Waals surface area contributed by atoms with Crippen molar-refractivity contribution in [2.75, 3.05) is 0 Å². The molecule has 0 aliphatic carbocycles. The van der Waals surface area contributed by atoms with Crippen molar-refractivity contribution in [1.82, 2.24) is 0 Å². The lowest BCUT2D eigenvalue weighted by Gasteiger charge is -2.21. The summed E-state index contributed by atoms with van der Waals surface area (Å²) in [6, 6.07) is 1.19. The number of alkyl halides is 3. The summed E-state index contributed by atoms with van der Waals surface area (Å²) in [5.74, 6) is -0.765. The SMILES string of the molecule is N[C@H](c1ccc(F)c(Cl)c1)[C@@H](O)C(F)(F)F. The molecule has 0 amide bonds. The van der Waals surface area contributed by atoms with E-state index in [0.717, 1.165) is 18.2 Å². The first-order chi connectivity index (χ1) is 7.23. The Kier molecular flexibility index (Phi) is 3.77. The molecule has 0 spiro atoms. The average molecular weight is 258 g/mol. The minimum Gasteiger partial charge on any atom is -0.382 e. The van der Waals surface area contributed by atoms with E-state index in [0.29, 0.717) is 0 Å². The van der Waals surface area contributed by atoms with Crippen LogP contribution in [0.5, 0.6) is 0 Å². The van der Waals surface area contributed by atoms with Crippen LogP contribution in [0.1, 0.15) is 11.6 Å². The van der Waals surface area contributed by atoms with Gasteiger partial charge in [0.25, 0.3) is 0 Å². The number of hydrogen-bond acceptors (Lipinski definition) is 2. The first-order valence-electron chi connectivity index (χ1n) is 4.19. The molecule has 0 radical (unpaired) electrons. The van der Waals surface area contributed by atoms with Crippen LogP contribution >= 0.6 is 11.6 Å². The van der Waals surface area contributed by atoms with Crippen LogP contribution in [0, 0.1) is 5.82 Å². The molecule has 0 saturated heterocycles. The predicted octanol–water partition coefficient (Wildman–Crippen LogP) is 2.40. The number of aliphatic hydroxyl groups excluding tert-OH is 1. The highest BCUT2D eigenvalue weighted by Gasteiger charge is 2.42. The zero-order chi connectivity index (χ0) is 12.5. The van der Waals surface area contributed by atoms with Gasteiger partial charge in [-0.2, -0.15) is 13.2 Å². The highest BCUT2D eigenvalue weighted by molar-refractivity contribution is 6.30. The summed E-state index contributed by atoms with van der Waals surface area (Å²) in [7, 11) is 0. The second-order valence-corrected chi connectivity index (χ2v) is 3.59. The van der Waals surface area contributed by atoms with Crippen LogP contribution in [0.15, 0.2) is 18.2 Å². The molecule has 1 aromatic carbocycles. The summed E-state index contributed by atoms with van der Waals surface area (Å²) in [5.41, 5.74) is 5.11. The number of rotatable bonds is 2. The van der Waals surface area contributed by atoms with Crippen LogP contribution in [-0.4, -0.2) is 17.4 Å². The Bertz CT molecular complexity index is 382. The first kappa shape index (κ1) is 13.2. The lowest BCUT2D eigenvalue weighted by molar-refractivity contribution is -0.210. The number of hydrogen-bond donors (Lipinski definition) is 2. The van der Waals surface area contributed by atoms with Crippen molar-refractivity contribution in [3.63, 3.8) is 0 Å². The van der Waals surface area contributed by atoms with Crippen molar-refractivity contribution < 1.29 is 22.7 Å². The summed E-state index contributed by atoms with van der Waals surface area (Å²) in [5, 5.41) is 8.54. The van der Waals surface area contributed by atoms with Crippen LogP contribution in [0.3, 0.4) is 0 Å². The fraction of sp³-hybridized carbons (Fsp3) is 0.333. The zero-order valence-corrected chi connectivity index (χ0v) is 8.56. The van der Waals surface area contributed by atoms with Crippen LogP contribution in [0.2, 0.25) is 5.02 Å². The average Bonchev–Trinajstić information content (AvgIpc) is 2.18. The molecule has 0 heterocycles. The van der Waals surface area contributed by atoms with Crippen molar-refractivity contribution in [3.05, 3.63) is 34.6 Å². The second kappa shape index (κ2) is 4.57. The van der Waals surface area contributed by atoms with E-state index >= 15 is 0 Å². The minimum atomic E-state index is -4.83. The van der Waals surface area contributed by atoms with Gasteiger partial charge in [-0.25, -0.2) is 4.39 Å². The Hall–Kier alpha value is -0.850. The smallest absolute Gasteiger partial charge is 0.382 e. The summed E-state index contributed by atoms with van der Waals surface area (Å²) in [6.45, 7) is 0. The monoisotopic (exact) mass is 257 g/mol. The fourth-order valence-electron chi connectivity index (χ4n) is 1.11. The van der Waals surface area contributed by atoms with E-state index in [1.54, 1.807) is 0 Å². The van der Waals surface area contributed by atoms with Gasteiger partial charge in [0.15, 0.2) is 6.10 Å². The lowest BCUT2D eigenvalue weighted by atomic mass is 10.0. The molecule has 3 N–H and O–H groups in total. The van der Waals surface area contributed by atoms with Crippen LogP contribution in [0.25, 0.3) is 0 Å². The Labute approximate surface area is 93.6 Å². The summed E-state index contributed by atoms with van der Waals surface area (Å²) >= 11 is 5.38. The Morgan fingerprint density at radius 2 is 1.88 bits per heavy atom. The quantitative estimate of drug-likeness (QED) is 0.799. The molecular weight excluding hydrogens is 250 g/mol. The van der Waals surface area contributed by atoms with E-state index in [4.69, 9.17) is 22.4 Å². The maximum Gasteiger partial charge on any atom is 0.416 e. The van der Waals surface area contributed by atoms with Gasteiger partial charge in [0.1, 0.15) is 5.82 Å². The number of benzene rings is 1. The van der Waals surface area contributed by atoms with E-state index in [2.05, 4.69) is 0 Å². The highest BCUT2D eigenvalue weighted by atomic mass is 35.5. The van der Waals surface area contributed by atoms with Gasteiger partial charge < -0.3 is 10.8 Å². The van der Waals surface area contributed by atoms with E-state index in [-0.39, 0.29) is 10.6 Å². The molecule has 0 aromatic heterocycles. The third-order valence-electron chi connectivity index (χ3n) is 2.00. The molecule has 7 heteroatoms. The van der Waals surface area contributed by atoms with Crippen molar-refractivity contribution in [3.8, 4) is 0 Å². The van der Waals surface area contributed by atoms with Crippen LogP contribution < -0.4 is 5.73 Å². The normalized spacial score (nSPS) is 15.9. The summed E-state index contributed by atoms with van der Waals surface area (Å²) in [6.07, 6.45) is -7.55. The highest BCUT2D eigenvalue weighted by Crippen LogP contribution is 2.30. The van der Waals surface area contributed by atoms with Gasteiger partial charge in [-0.05, 0) is 17.7 Å². The van der Waals surface area contributed by atoms with Gasteiger partial charge in [-0.1, -0.05) is 17.7 Å². The van der Waals surface area contributed by atoms with Crippen molar-refractivity contribution in [2.45, 2.75) is 18.3 Å². The summed E-state index contributed by atoms with van der Waals surface area (Å²) < 4.78 is 49.1. The van der Waals surface area contributed by atoms with Gasteiger partial charge in [-0.15, -0.1) is 0 Å². The molecule has 1 aromatic rings. The molecule has 0 bridgehead atoms. The molecule has 0 saturated carbocycles. The topological polar surface area (TPSA) is 46.2 Å². The minimum absolute atomic E-state index is 0.0868. The van der Waals surface area contributed by atoms with Gasteiger partial charge in [-0.3, -0.25) is 0 Å². The molecule has 2 nitrogen and oxygen atoms in total. The molecular formula is C9H8ClF4NO. The van der Waals surface area contributed by atoms with E-state index < -0.39 is 24.1 Å². The third-order valence-corrected chi connectivity index (χ3v) is 2.29. The molecule has 1 rings (SSSR count). The largest absolute Gasteiger partial charge is 0.416 e. The third kappa shape index (κ3) is 2.84. The Morgan fingerprint density at radius 3 is 2.31 bits per heavy atom. The molecule has 16 heavy (non-hydrogen) atoms. The van der Waals surface area contributed by atoms with Crippen molar-refractivity contribution >= 4 is 11.6 Å². The van der Waals surface area contributed by atoms with Gasteiger partial charge >= 0.3 is 6.18 Å². The maximum atomic E-state index is 12.7. The fourth-order valence-corrected chi connectivity index (χ4v) is 1.29. The molecule has 0 aliphatic heterocycles. The Morgan fingerprint density at radius 1 is 1.31 bits per heavy atom. The maximum absolute atomic E-state index is 12.7. The van der Waals surface area contributed by atoms with E-state index in [1.807, 2.05) is 0 Å². The number of halogens is 5. The number of aliphatic hydroxyl groups is 1. The van der Waals surface area contributed by atoms with Crippen molar-refractivity contribution in [2.24, 2.45) is 5.73 Å². The van der Waals surface area contributed by atoms with Gasteiger partial charge in [0.2, 0.25) is 0 Å². The van der Waals surface area contributed by atoms with Crippen LogP contribution in [-0.2, 0) is 0 Å². The molecule has 90 valence electrons. The van der Waals surface area contributed by atoms with E-state index in [1.165, 1.54) is 0 Å². The molecule has 0 unspecified atom stereocenters. The molecule has 2 atom stereocenters. The number of nitrogens with two attached hydrogens (primary N) is 1. The Balaban J connectivity index is 2.97. The predicted molar refractivity (Wildman–Crippen MR) is 50.4 cm³/mol. The lowest BCUT2D eigenvalue weighted by Crippen LogP contribution is -2.38. The van der Waals surface area contributed by atoms with Gasteiger partial charge in [0.05, 0.1) is 11.1 Å². The molecule has 0 fully saturated rings. The van der Waals surface area contributed by atoms with Crippen LogP contribution in [0.4, 0.5) is 17.6 Å².